The van der Waals surface area contributed by atoms with Crippen molar-refractivity contribution in [2.24, 2.45) is 0 Å². The number of nitrogen functional groups attached to an aromatic ring is 1. The van der Waals surface area contributed by atoms with Crippen LogP contribution < -0.4 is 15.8 Å². The van der Waals surface area contributed by atoms with Crippen molar-refractivity contribution in [2.75, 3.05) is 18.2 Å². The van der Waals surface area contributed by atoms with Crippen LogP contribution in [0.2, 0.25) is 0 Å². The van der Waals surface area contributed by atoms with Crippen molar-refractivity contribution in [2.45, 2.75) is 6.54 Å². The maximum absolute atomic E-state index is 5.68. The van der Waals surface area contributed by atoms with Crippen LogP contribution in [0.1, 0.15) is 5.69 Å². The lowest BCUT2D eigenvalue weighted by atomic mass is 10.3. The summed E-state index contributed by atoms with van der Waals surface area (Å²) in [5, 5.41) is 3.15. The van der Waals surface area contributed by atoms with Crippen LogP contribution >= 0.6 is 0 Å². The second kappa shape index (κ2) is 5.16. The van der Waals surface area contributed by atoms with E-state index in [-0.39, 0.29) is 0 Å². The van der Waals surface area contributed by atoms with E-state index in [4.69, 9.17) is 10.5 Å². The average Bonchev–Trinajstić information content (AvgIpc) is 2.39. The van der Waals surface area contributed by atoms with Crippen LogP contribution in [0.3, 0.4) is 0 Å². The van der Waals surface area contributed by atoms with Crippen LogP contribution in [0.15, 0.2) is 36.5 Å². The standard InChI is InChI=1S/C12H14N4O/c1-17-12-10(13)5-6-11(16-12)15-8-9-4-2-3-7-14-9/h2-7H,8,13H2,1H3,(H,15,16). The molecule has 0 fully saturated rings. The fourth-order valence-corrected chi connectivity index (χ4v) is 1.40. The van der Waals surface area contributed by atoms with Crippen molar-refractivity contribution in [3.8, 4) is 5.88 Å². The first-order chi connectivity index (χ1) is 8.29. The number of methoxy groups -OCH3 is 1. The van der Waals surface area contributed by atoms with Crippen molar-refractivity contribution in [3.05, 3.63) is 42.2 Å². The molecule has 5 nitrogen and oxygen atoms in total. The van der Waals surface area contributed by atoms with Crippen LogP contribution in [-0.2, 0) is 6.54 Å². The van der Waals surface area contributed by atoms with Gasteiger partial charge in [-0.1, -0.05) is 6.07 Å². The zero-order valence-corrected chi connectivity index (χ0v) is 9.55. The van der Waals surface area contributed by atoms with Gasteiger partial charge in [0.1, 0.15) is 5.82 Å². The number of pyridine rings is 2. The lowest BCUT2D eigenvalue weighted by Crippen LogP contribution is -2.04. The molecule has 17 heavy (non-hydrogen) atoms. The first kappa shape index (κ1) is 11.2. The lowest BCUT2D eigenvalue weighted by molar-refractivity contribution is 0.401. The van der Waals surface area contributed by atoms with Gasteiger partial charge in [0.15, 0.2) is 0 Å². The first-order valence-electron chi connectivity index (χ1n) is 5.24. The second-order valence-electron chi connectivity index (χ2n) is 3.47. The van der Waals surface area contributed by atoms with Crippen LogP contribution in [0.5, 0.6) is 5.88 Å². The van der Waals surface area contributed by atoms with Crippen molar-refractivity contribution in [1.82, 2.24) is 9.97 Å². The van der Waals surface area contributed by atoms with E-state index in [0.717, 1.165) is 5.69 Å². The van der Waals surface area contributed by atoms with Gasteiger partial charge < -0.3 is 15.8 Å². The fourth-order valence-electron chi connectivity index (χ4n) is 1.40. The highest BCUT2D eigenvalue weighted by Gasteiger charge is 2.02. The number of anilines is 2. The number of hydrogen-bond donors (Lipinski definition) is 2. The number of nitrogens with zero attached hydrogens (tertiary/aromatic N) is 2. The highest BCUT2D eigenvalue weighted by atomic mass is 16.5. The first-order valence-corrected chi connectivity index (χ1v) is 5.24. The normalized spacial score (nSPS) is 9.94. The Morgan fingerprint density at radius 2 is 2.18 bits per heavy atom. The predicted octanol–water partition coefficient (Wildman–Crippen LogP) is 1.68. The molecule has 0 aliphatic carbocycles. The summed E-state index contributed by atoms with van der Waals surface area (Å²) in [6.07, 6.45) is 1.76. The van der Waals surface area contributed by atoms with E-state index in [1.165, 1.54) is 0 Å². The zero-order valence-electron chi connectivity index (χ0n) is 9.55. The highest BCUT2D eigenvalue weighted by molar-refractivity contribution is 5.53. The third-order valence-corrected chi connectivity index (χ3v) is 2.26. The van der Waals surface area contributed by atoms with E-state index in [9.17, 15) is 0 Å². The van der Waals surface area contributed by atoms with Gasteiger partial charge in [-0.15, -0.1) is 0 Å². The molecule has 0 aliphatic rings. The Bertz CT molecular complexity index is 487. The molecule has 2 rings (SSSR count). The summed E-state index contributed by atoms with van der Waals surface area (Å²) in [5.74, 6) is 1.14. The maximum atomic E-state index is 5.68. The molecular formula is C12H14N4O. The molecule has 0 bridgehead atoms. The third kappa shape index (κ3) is 2.84. The van der Waals surface area contributed by atoms with Crippen LogP contribution in [0.4, 0.5) is 11.5 Å². The largest absolute Gasteiger partial charge is 0.479 e. The topological polar surface area (TPSA) is 73.1 Å². The number of rotatable bonds is 4. The van der Waals surface area contributed by atoms with E-state index >= 15 is 0 Å². The van der Waals surface area contributed by atoms with E-state index in [1.807, 2.05) is 18.2 Å². The number of ether oxygens (including phenoxy) is 1. The molecular weight excluding hydrogens is 216 g/mol. The van der Waals surface area contributed by atoms with Crippen molar-refractivity contribution in [1.29, 1.82) is 0 Å². The van der Waals surface area contributed by atoms with Crippen molar-refractivity contribution < 1.29 is 4.74 Å². The molecule has 0 radical (unpaired) electrons. The number of nitrogens with two attached hydrogens (primary N) is 1. The molecule has 88 valence electrons. The Balaban J connectivity index is 2.04. The Morgan fingerprint density at radius 1 is 1.29 bits per heavy atom. The quantitative estimate of drug-likeness (QED) is 0.836. The molecule has 0 aromatic carbocycles. The van der Waals surface area contributed by atoms with E-state index < -0.39 is 0 Å². The molecule has 2 aromatic heterocycles. The van der Waals surface area contributed by atoms with E-state index in [0.29, 0.717) is 23.9 Å². The molecule has 0 spiro atoms. The van der Waals surface area contributed by atoms with Gasteiger partial charge in [-0.3, -0.25) is 4.98 Å². The molecule has 2 heterocycles. The second-order valence-corrected chi connectivity index (χ2v) is 3.47. The van der Waals surface area contributed by atoms with Gasteiger partial charge >= 0.3 is 0 Å². The molecule has 0 aliphatic heterocycles. The van der Waals surface area contributed by atoms with Crippen molar-refractivity contribution in [3.63, 3.8) is 0 Å². The van der Waals surface area contributed by atoms with Gasteiger partial charge in [0.2, 0.25) is 5.88 Å². The summed E-state index contributed by atoms with van der Waals surface area (Å²) in [4.78, 5) is 8.43. The molecule has 0 unspecified atom stereocenters. The summed E-state index contributed by atoms with van der Waals surface area (Å²) >= 11 is 0. The van der Waals surface area contributed by atoms with Gasteiger partial charge in [-0.2, -0.15) is 4.98 Å². The summed E-state index contributed by atoms with van der Waals surface area (Å²) in [5.41, 5.74) is 7.15. The molecule has 3 N–H and O–H groups in total. The Labute approximate surface area is 99.7 Å². The number of aromatic nitrogens is 2. The smallest absolute Gasteiger partial charge is 0.238 e. The van der Waals surface area contributed by atoms with Gasteiger partial charge in [0, 0.05) is 6.20 Å². The summed E-state index contributed by atoms with van der Waals surface area (Å²) < 4.78 is 5.05. The SMILES string of the molecule is COc1nc(NCc2ccccn2)ccc1N. The monoisotopic (exact) mass is 230 g/mol. The summed E-state index contributed by atoms with van der Waals surface area (Å²) in [6.45, 7) is 0.612. The van der Waals surface area contributed by atoms with E-state index in [1.54, 1.807) is 25.4 Å². The highest BCUT2D eigenvalue weighted by Crippen LogP contribution is 2.20. The summed E-state index contributed by atoms with van der Waals surface area (Å²) in [6, 6.07) is 9.34. The molecule has 2 aromatic rings. The minimum atomic E-state index is 0.427. The minimum absolute atomic E-state index is 0.427. The molecule has 0 saturated carbocycles. The van der Waals surface area contributed by atoms with Crippen LogP contribution in [0, 0.1) is 0 Å². The Kier molecular flexibility index (Phi) is 3.40. The Hall–Kier alpha value is -2.30. The lowest BCUT2D eigenvalue weighted by Gasteiger charge is -2.08. The minimum Gasteiger partial charge on any atom is -0.479 e. The van der Waals surface area contributed by atoms with Gasteiger partial charge in [0.25, 0.3) is 0 Å². The van der Waals surface area contributed by atoms with Crippen LogP contribution in [0.25, 0.3) is 0 Å². The maximum Gasteiger partial charge on any atom is 0.238 e. The fraction of sp³-hybridized carbons (Fsp3) is 0.167. The molecule has 0 atom stereocenters. The van der Waals surface area contributed by atoms with Gasteiger partial charge in [0.05, 0.1) is 25.0 Å². The van der Waals surface area contributed by atoms with Gasteiger partial charge in [-0.05, 0) is 24.3 Å². The van der Waals surface area contributed by atoms with Gasteiger partial charge in [-0.25, -0.2) is 0 Å². The van der Waals surface area contributed by atoms with Crippen LogP contribution in [-0.4, -0.2) is 17.1 Å². The molecule has 5 heteroatoms. The average molecular weight is 230 g/mol. The number of hydrogen-bond acceptors (Lipinski definition) is 5. The Morgan fingerprint density at radius 3 is 2.88 bits per heavy atom. The number of nitrogens with one attached hydrogen (secondary N) is 1. The van der Waals surface area contributed by atoms with E-state index in [2.05, 4.69) is 15.3 Å². The molecule has 0 saturated heterocycles. The third-order valence-electron chi connectivity index (χ3n) is 2.26. The predicted molar refractivity (Wildman–Crippen MR) is 66.8 cm³/mol. The zero-order chi connectivity index (χ0) is 12.1. The molecule has 0 amide bonds. The van der Waals surface area contributed by atoms with Crippen molar-refractivity contribution >= 4 is 11.5 Å². The summed E-state index contributed by atoms with van der Waals surface area (Å²) in [7, 11) is 1.54.